The van der Waals surface area contributed by atoms with Gasteiger partial charge in [0.25, 0.3) is 10.8 Å². The molecule has 0 aliphatic carbocycles. The number of halogens is 2. The molecule has 1 aromatic carbocycles. The quantitative estimate of drug-likeness (QED) is 0.749. The van der Waals surface area contributed by atoms with Crippen LogP contribution in [0.4, 0.5) is 4.39 Å². The van der Waals surface area contributed by atoms with E-state index in [-0.39, 0.29) is 5.82 Å². The molecular weight excluding hydrogens is 277 g/mol. The normalized spacial score (nSPS) is 11.7. The first-order valence-electron chi connectivity index (χ1n) is 5.79. The lowest BCUT2D eigenvalue weighted by Gasteiger charge is -2.16. The summed E-state index contributed by atoms with van der Waals surface area (Å²) >= 11 is 0. The molecule has 0 fully saturated rings. The smallest absolute Gasteiger partial charge is 0.282 e. The first-order chi connectivity index (χ1) is 8.99. The second kappa shape index (κ2) is 11.0. The molecule has 0 aliphatic rings. The number of nitrogens with one attached hydrogen (secondary N) is 1. The van der Waals surface area contributed by atoms with Gasteiger partial charge in [0.05, 0.1) is 0 Å². The van der Waals surface area contributed by atoms with Gasteiger partial charge in [-0.1, -0.05) is 19.4 Å². The molecule has 0 aromatic heterocycles. The van der Waals surface area contributed by atoms with Gasteiger partial charge in [0.15, 0.2) is 0 Å². The fourth-order valence-corrected chi connectivity index (χ4v) is 1.41. The first kappa shape index (κ1) is 18.1. The van der Waals surface area contributed by atoms with Gasteiger partial charge < -0.3 is 19.4 Å². The summed E-state index contributed by atoms with van der Waals surface area (Å²) in [4.78, 5) is 0. The highest BCUT2D eigenvalue weighted by Crippen LogP contribution is 2.12. The van der Waals surface area contributed by atoms with Crippen LogP contribution >= 0.6 is 0 Å². The van der Waals surface area contributed by atoms with Crippen molar-refractivity contribution < 1.29 is 33.9 Å². The lowest BCUT2D eigenvalue weighted by atomic mass is 10.2. The molecule has 110 valence electrons. The predicted octanol–water partition coefficient (Wildman–Crippen LogP) is -0.342. The van der Waals surface area contributed by atoms with Crippen LogP contribution in [0, 0.1) is 16.6 Å². The maximum Gasteiger partial charge on any atom is 0.282 e. The van der Waals surface area contributed by atoms with Crippen molar-refractivity contribution in [2.24, 2.45) is 0 Å². The van der Waals surface area contributed by atoms with Crippen molar-refractivity contribution in [1.82, 2.24) is 5.32 Å². The molecule has 0 aliphatic heterocycles. The van der Waals surface area contributed by atoms with E-state index in [4.69, 9.17) is 18.7 Å². The summed E-state index contributed by atoms with van der Waals surface area (Å²) in [6.07, 6.45) is 2.17. The zero-order chi connectivity index (χ0) is 14.7. The highest BCUT2D eigenvalue weighted by Gasteiger charge is 2.05. The number of likely N-dealkylation sites (N-methyl/N-ethyl adjacent to an activating group) is 1. The number of rotatable bonds is 6. The molecule has 0 amide bonds. The van der Waals surface area contributed by atoms with E-state index in [0.29, 0.717) is 18.4 Å². The molecule has 0 unspecified atom stereocenters. The van der Waals surface area contributed by atoms with Crippen molar-refractivity contribution in [2.75, 3.05) is 13.7 Å². The Labute approximate surface area is 115 Å². The largest absolute Gasteiger partial charge is 0.492 e. The third kappa shape index (κ3) is 10.7. The molecule has 0 heterocycles. The van der Waals surface area contributed by atoms with Crippen LogP contribution in [0.25, 0.3) is 0 Å². The van der Waals surface area contributed by atoms with Crippen molar-refractivity contribution in [3.05, 3.63) is 30.1 Å². The summed E-state index contributed by atoms with van der Waals surface area (Å²) < 4.78 is 42.3. The fourth-order valence-electron chi connectivity index (χ4n) is 1.41. The molecule has 1 atom stereocenters. The number of benzene rings is 1. The molecule has 2 N–H and O–H groups in total. The zero-order valence-electron chi connectivity index (χ0n) is 10.9. The Bertz CT molecular complexity index is 339. The van der Waals surface area contributed by atoms with Gasteiger partial charge in [-0.25, -0.2) is 4.39 Å². The van der Waals surface area contributed by atoms with E-state index in [1.165, 1.54) is 12.1 Å². The van der Waals surface area contributed by atoms with Crippen LogP contribution in [0.3, 0.4) is 0 Å². The molecule has 5 nitrogen and oxygen atoms in total. The highest BCUT2D eigenvalue weighted by molar-refractivity contribution is 5.22. The van der Waals surface area contributed by atoms with Gasteiger partial charge in [-0.15, -0.1) is 0 Å². The Morgan fingerprint density at radius 2 is 2.11 bits per heavy atom. The van der Waals surface area contributed by atoms with Crippen LogP contribution in [-0.4, -0.2) is 24.4 Å². The van der Waals surface area contributed by atoms with Crippen molar-refractivity contribution in [1.29, 1.82) is 0 Å². The maximum absolute atomic E-state index is 12.8. The monoisotopic (exact) mass is 295 g/mol. The van der Waals surface area contributed by atoms with E-state index >= 15 is 0 Å². The van der Waals surface area contributed by atoms with Crippen LogP contribution in [-0.2, 0) is 0 Å². The van der Waals surface area contributed by atoms with E-state index < -0.39 is 10.8 Å². The van der Waals surface area contributed by atoms with E-state index in [0.717, 1.165) is 12.8 Å². The van der Waals surface area contributed by atoms with Gasteiger partial charge in [-0.3, -0.25) is 0 Å². The Kier molecular flexibility index (Phi) is 10.4. The zero-order valence-corrected chi connectivity index (χ0v) is 11.7. The van der Waals surface area contributed by atoms with Crippen LogP contribution < -0.4 is 19.4 Å². The Morgan fingerprint density at radius 1 is 1.47 bits per heavy atom. The van der Waals surface area contributed by atoms with E-state index in [2.05, 4.69) is 12.2 Å². The minimum Gasteiger partial charge on any atom is -0.492 e. The summed E-state index contributed by atoms with van der Waals surface area (Å²) in [5, 5.41) is 3.17. The van der Waals surface area contributed by atoms with Crippen LogP contribution in [0.2, 0.25) is 0 Å². The van der Waals surface area contributed by atoms with Crippen molar-refractivity contribution in [3.8, 4) is 5.75 Å². The summed E-state index contributed by atoms with van der Waals surface area (Å²) in [5.41, 5.74) is 0. The third-order valence-corrected chi connectivity index (χ3v) is 2.29. The van der Waals surface area contributed by atoms with Crippen LogP contribution in [0.15, 0.2) is 24.3 Å². The van der Waals surface area contributed by atoms with Gasteiger partial charge in [0.1, 0.15) is 18.2 Å². The second-order valence-electron chi connectivity index (χ2n) is 3.74. The Hall–Kier alpha value is -0.920. The highest BCUT2D eigenvalue weighted by atomic mass is 35.6. The average Bonchev–Trinajstić information content (AvgIpc) is 2.34. The summed E-state index contributed by atoms with van der Waals surface area (Å²) in [6, 6.07) is 6.56. The minimum absolute atomic E-state index is 0.260. The van der Waals surface area contributed by atoms with Gasteiger partial charge in [-0.2, -0.15) is 0 Å². The topological polar surface area (TPSA) is 87.6 Å². The van der Waals surface area contributed by atoms with E-state index in [9.17, 15) is 4.39 Å². The molecule has 0 radical (unpaired) electrons. The maximum atomic E-state index is 12.8. The Balaban J connectivity index is 0.000000711. The predicted molar refractivity (Wildman–Crippen MR) is 61.9 cm³/mol. The summed E-state index contributed by atoms with van der Waals surface area (Å²) in [5.74, 6) is 0.329. The van der Waals surface area contributed by atoms with E-state index in [1.54, 1.807) is 12.1 Å². The van der Waals surface area contributed by atoms with Gasteiger partial charge in [0, 0.05) is 16.8 Å². The standard InChI is InChI=1S/C12H18FNO.ClHO3/c1-3-5-11(14-2)9-15-12-7-4-6-10(13)8-12;2-1(3)4/h4,6-8,11,14H,3,5,9H2,1-2H3;2H/t11-;/m0./s1. The fraction of sp³-hybridized carbons (Fsp3) is 0.500. The molecule has 0 saturated carbocycles. The van der Waals surface area contributed by atoms with Crippen molar-refractivity contribution >= 4 is 0 Å². The number of ether oxygens (including phenoxy) is 1. The SMILES string of the molecule is CCC[C@@H](COc1cccc(F)c1)NC.[O-][Cl+2]([O-])O. The molecule has 0 saturated heterocycles. The Morgan fingerprint density at radius 3 is 2.58 bits per heavy atom. The van der Waals surface area contributed by atoms with Gasteiger partial charge in [0.2, 0.25) is 0 Å². The van der Waals surface area contributed by atoms with Crippen molar-refractivity contribution in [2.45, 2.75) is 25.8 Å². The third-order valence-electron chi connectivity index (χ3n) is 2.29. The van der Waals surface area contributed by atoms with Gasteiger partial charge in [-0.05, 0) is 25.6 Å². The minimum atomic E-state index is -2.60. The number of hydrogen-bond acceptors (Lipinski definition) is 5. The average molecular weight is 296 g/mol. The summed E-state index contributed by atoms with van der Waals surface area (Å²) in [6.45, 7) is 2.71. The lowest BCUT2D eigenvalue weighted by Crippen LogP contribution is -2.31. The van der Waals surface area contributed by atoms with Crippen molar-refractivity contribution in [3.63, 3.8) is 0 Å². The molecule has 1 aromatic rings. The van der Waals surface area contributed by atoms with Crippen LogP contribution in [0.1, 0.15) is 19.8 Å². The van der Waals surface area contributed by atoms with Crippen LogP contribution in [0.5, 0.6) is 5.75 Å². The summed E-state index contributed by atoms with van der Waals surface area (Å²) in [7, 11) is -0.690. The molecular formula is C12H19ClFNO4. The molecule has 0 spiro atoms. The first-order valence-corrected chi connectivity index (χ1v) is 6.75. The second-order valence-corrected chi connectivity index (χ2v) is 4.15. The molecule has 7 heteroatoms. The molecule has 19 heavy (non-hydrogen) atoms. The number of hydrogen-bond donors (Lipinski definition) is 2. The van der Waals surface area contributed by atoms with E-state index in [1.807, 2.05) is 7.05 Å². The lowest BCUT2D eigenvalue weighted by molar-refractivity contribution is -1.63. The molecule has 0 bridgehead atoms. The van der Waals surface area contributed by atoms with Gasteiger partial charge >= 0.3 is 0 Å². The molecule has 1 rings (SSSR count).